The third kappa shape index (κ3) is 1.61. The molecular weight excluding hydrogens is 164 g/mol. The molecule has 1 heterocycles. The minimum absolute atomic E-state index is 0.0151. The summed E-state index contributed by atoms with van der Waals surface area (Å²) in [6.45, 7) is 2.05. The number of nitrogens with zero attached hydrogens (tertiary/aromatic N) is 1. The average molecular weight is 180 g/mol. The topological polar surface area (TPSA) is 52.0 Å². The van der Waals surface area contributed by atoms with Crippen molar-refractivity contribution in [1.29, 1.82) is 0 Å². The minimum atomic E-state index is 0.0151. The molecular formula is C10H16N2O. The Labute approximate surface area is 78.3 Å². The quantitative estimate of drug-likeness (QED) is 0.776. The van der Waals surface area contributed by atoms with Crippen LogP contribution >= 0.6 is 0 Å². The zero-order valence-electron chi connectivity index (χ0n) is 7.99. The SMILES string of the molecule is CCC(N)c1cc(C2CCC2)no1. The molecule has 72 valence electrons. The summed E-state index contributed by atoms with van der Waals surface area (Å²) in [5.41, 5.74) is 6.94. The van der Waals surface area contributed by atoms with Crippen molar-refractivity contribution in [3.63, 3.8) is 0 Å². The van der Waals surface area contributed by atoms with Crippen molar-refractivity contribution in [2.24, 2.45) is 5.73 Å². The van der Waals surface area contributed by atoms with E-state index in [0.717, 1.165) is 17.9 Å². The molecule has 0 amide bonds. The molecule has 0 saturated heterocycles. The van der Waals surface area contributed by atoms with Crippen LogP contribution < -0.4 is 5.73 Å². The van der Waals surface area contributed by atoms with E-state index in [1.807, 2.05) is 6.07 Å². The van der Waals surface area contributed by atoms with E-state index in [9.17, 15) is 0 Å². The smallest absolute Gasteiger partial charge is 0.153 e. The van der Waals surface area contributed by atoms with Gasteiger partial charge in [-0.15, -0.1) is 0 Å². The van der Waals surface area contributed by atoms with Gasteiger partial charge in [-0.1, -0.05) is 18.5 Å². The molecule has 0 aliphatic heterocycles. The molecule has 1 aromatic rings. The van der Waals surface area contributed by atoms with Gasteiger partial charge in [-0.3, -0.25) is 0 Å². The molecule has 1 aromatic heterocycles. The van der Waals surface area contributed by atoms with E-state index in [-0.39, 0.29) is 6.04 Å². The van der Waals surface area contributed by atoms with Crippen LogP contribution in [0.2, 0.25) is 0 Å². The number of hydrogen-bond acceptors (Lipinski definition) is 3. The average Bonchev–Trinajstić information content (AvgIpc) is 2.49. The number of rotatable bonds is 3. The normalized spacial score (nSPS) is 19.8. The highest BCUT2D eigenvalue weighted by atomic mass is 16.5. The van der Waals surface area contributed by atoms with Crippen molar-refractivity contribution in [3.05, 3.63) is 17.5 Å². The van der Waals surface area contributed by atoms with Gasteiger partial charge < -0.3 is 10.3 Å². The van der Waals surface area contributed by atoms with Crippen LogP contribution in [0.15, 0.2) is 10.6 Å². The van der Waals surface area contributed by atoms with Gasteiger partial charge in [-0.25, -0.2) is 0 Å². The summed E-state index contributed by atoms with van der Waals surface area (Å²) in [4.78, 5) is 0. The van der Waals surface area contributed by atoms with Crippen LogP contribution in [-0.2, 0) is 0 Å². The Balaban J connectivity index is 2.08. The Morgan fingerprint density at radius 2 is 2.46 bits per heavy atom. The third-order valence-electron chi connectivity index (χ3n) is 2.88. The van der Waals surface area contributed by atoms with Crippen LogP contribution in [0.3, 0.4) is 0 Å². The van der Waals surface area contributed by atoms with Crippen molar-refractivity contribution in [3.8, 4) is 0 Å². The zero-order valence-corrected chi connectivity index (χ0v) is 7.99. The molecule has 0 aromatic carbocycles. The molecule has 0 spiro atoms. The summed E-state index contributed by atoms with van der Waals surface area (Å²) in [7, 11) is 0. The van der Waals surface area contributed by atoms with Gasteiger partial charge in [0.05, 0.1) is 11.7 Å². The molecule has 1 saturated carbocycles. The van der Waals surface area contributed by atoms with E-state index in [1.54, 1.807) is 0 Å². The summed E-state index contributed by atoms with van der Waals surface area (Å²) in [6.07, 6.45) is 4.74. The van der Waals surface area contributed by atoms with E-state index >= 15 is 0 Å². The Bertz CT molecular complexity index is 259. The van der Waals surface area contributed by atoms with Gasteiger partial charge in [0, 0.05) is 12.0 Å². The van der Waals surface area contributed by atoms with E-state index in [4.69, 9.17) is 10.3 Å². The minimum Gasteiger partial charge on any atom is -0.359 e. The van der Waals surface area contributed by atoms with Gasteiger partial charge in [0.15, 0.2) is 5.76 Å². The monoisotopic (exact) mass is 180 g/mol. The van der Waals surface area contributed by atoms with Crippen LogP contribution in [-0.4, -0.2) is 5.16 Å². The molecule has 2 rings (SSSR count). The lowest BCUT2D eigenvalue weighted by molar-refractivity contribution is 0.333. The van der Waals surface area contributed by atoms with Crippen LogP contribution in [0, 0.1) is 0 Å². The van der Waals surface area contributed by atoms with Crippen LogP contribution in [0.5, 0.6) is 0 Å². The standard InChI is InChI=1S/C10H16N2O/c1-2-8(11)10-6-9(12-13-10)7-4-3-5-7/h6-8H,2-5,11H2,1H3. The second kappa shape index (κ2) is 3.50. The molecule has 13 heavy (non-hydrogen) atoms. The predicted octanol–water partition coefficient (Wildman–Crippen LogP) is 2.35. The molecule has 3 nitrogen and oxygen atoms in total. The fourth-order valence-corrected chi connectivity index (χ4v) is 1.58. The molecule has 1 aliphatic carbocycles. The van der Waals surface area contributed by atoms with E-state index in [0.29, 0.717) is 5.92 Å². The molecule has 1 aliphatic rings. The highest BCUT2D eigenvalue weighted by Gasteiger charge is 2.23. The van der Waals surface area contributed by atoms with Gasteiger partial charge in [0.1, 0.15) is 0 Å². The van der Waals surface area contributed by atoms with Crippen LogP contribution in [0.4, 0.5) is 0 Å². The predicted molar refractivity (Wildman–Crippen MR) is 50.3 cm³/mol. The summed E-state index contributed by atoms with van der Waals surface area (Å²) in [5.74, 6) is 1.48. The van der Waals surface area contributed by atoms with Gasteiger partial charge >= 0.3 is 0 Å². The van der Waals surface area contributed by atoms with E-state index in [2.05, 4.69) is 12.1 Å². The highest BCUT2D eigenvalue weighted by Crippen LogP contribution is 2.36. The maximum absolute atomic E-state index is 5.83. The first-order chi connectivity index (χ1) is 6.31. The Morgan fingerprint density at radius 3 is 3.00 bits per heavy atom. The lowest BCUT2D eigenvalue weighted by atomic mass is 9.83. The Kier molecular flexibility index (Phi) is 2.36. The molecule has 2 N–H and O–H groups in total. The van der Waals surface area contributed by atoms with Gasteiger partial charge in [-0.2, -0.15) is 0 Å². The molecule has 1 atom stereocenters. The number of nitrogens with two attached hydrogens (primary N) is 1. The first kappa shape index (κ1) is 8.75. The Hall–Kier alpha value is -0.830. The van der Waals surface area contributed by atoms with E-state index < -0.39 is 0 Å². The second-order valence-electron chi connectivity index (χ2n) is 3.80. The summed E-state index contributed by atoms with van der Waals surface area (Å²) >= 11 is 0. The van der Waals surface area contributed by atoms with Crippen molar-refractivity contribution in [1.82, 2.24) is 5.16 Å². The Morgan fingerprint density at radius 1 is 1.69 bits per heavy atom. The lowest BCUT2D eigenvalue weighted by Crippen LogP contribution is -2.09. The fourth-order valence-electron chi connectivity index (χ4n) is 1.58. The first-order valence-electron chi connectivity index (χ1n) is 5.03. The molecule has 0 bridgehead atoms. The van der Waals surface area contributed by atoms with Gasteiger partial charge in [0.25, 0.3) is 0 Å². The van der Waals surface area contributed by atoms with Crippen LogP contribution in [0.1, 0.15) is 56.0 Å². The summed E-state index contributed by atoms with van der Waals surface area (Å²) in [6, 6.07) is 2.04. The largest absolute Gasteiger partial charge is 0.359 e. The fraction of sp³-hybridized carbons (Fsp3) is 0.700. The van der Waals surface area contributed by atoms with Crippen molar-refractivity contribution in [2.75, 3.05) is 0 Å². The molecule has 0 radical (unpaired) electrons. The van der Waals surface area contributed by atoms with Gasteiger partial charge in [-0.05, 0) is 19.3 Å². The zero-order chi connectivity index (χ0) is 9.26. The van der Waals surface area contributed by atoms with Crippen LogP contribution in [0.25, 0.3) is 0 Å². The number of aromatic nitrogens is 1. The first-order valence-corrected chi connectivity index (χ1v) is 5.03. The number of hydrogen-bond donors (Lipinski definition) is 1. The summed E-state index contributed by atoms with van der Waals surface area (Å²) in [5, 5.41) is 4.05. The third-order valence-corrected chi connectivity index (χ3v) is 2.88. The summed E-state index contributed by atoms with van der Waals surface area (Å²) < 4.78 is 5.20. The van der Waals surface area contributed by atoms with Crippen molar-refractivity contribution < 1.29 is 4.52 Å². The highest BCUT2D eigenvalue weighted by molar-refractivity contribution is 5.14. The second-order valence-corrected chi connectivity index (χ2v) is 3.80. The maximum Gasteiger partial charge on any atom is 0.153 e. The lowest BCUT2D eigenvalue weighted by Gasteiger charge is -2.22. The maximum atomic E-state index is 5.83. The van der Waals surface area contributed by atoms with Crippen molar-refractivity contribution >= 4 is 0 Å². The molecule has 3 heteroatoms. The molecule has 1 fully saturated rings. The van der Waals surface area contributed by atoms with Gasteiger partial charge in [0.2, 0.25) is 0 Å². The van der Waals surface area contributed by atoms with Crippen molar-refractivity contribution in [2.45, 2.75) is 44.6 Å². The molecule has 1 unspecified atom stereocenters. The van der Waals surface area contributed by atoms with E-state index in [1.165, 1.54) is 19.3 Å².